The van der Waals surface area contributed by atoms with E-state index in [0.29, 0.717) is 0 Å². The van der Waals surface area contributed by atoms with Crippen molar-refractivity contribution in [3.8, 4) is 0 Å². The lowest BCUT2D eigenvalue weighted by atomic mass is 10.1. The topological polar surface area (TPSA) is 72.2 Å². The van der Waals surface area contributed by atoms with Gasteiger partial charge in [-0.05, 0) is 36.8 Å². The summed E-state index contributed by atoms with van der Waals surface area (Å²) in [5, 5.41) is 14.0. The highest BCUT2D eigenvalue weighted by atomic mass is 79.9. The van der Waals surface area contributed by atoms with Crippen LogP contribution in [-0.4, -0.2) is 10.8 Å². The van der Waals surface area contributed by atoms with Gasteiger partial charge in [-0.3, -0.25) is 14.9 Å². The molecule has 0 saturated carbocycles. The summed E-state index contributed by atoms with van der Waals surface area (Å²) in [7, 11) is 0. The van der Waals surface area contributed by atoms with E-state index in [1.54, 1.807) is 0 Å². The Kier molecular flexibility index (Phi) is 5.15. The molecule has 0 spiro atoms. The van der Waals surface area contributed by atoms with E-state index in [9.17, 15) is 14.9 Å². The lowest BCUT2D eigenvalue weighted by Gasteiger charge is -2.14. The van der Waals surface area contributed by atoms with Crippen LogP contribution < -0.4 is 5.32 Å². The van der Waals surface area contributed by atoms with Crippen LogP contribution in [-0.2, 0) is 0 Å². The van der Waals surface area contributed by atoms with Crippen LogP contribution in [0.2, 0.25) is 5.02 Å². The van der Waals surface area contributed by atoms with Crippen LogP contribution in [0.15, 0.2) is 46.9 Å². The van der Waals surface area contributed by atoms with Crippen LogP contribution in [0.4, 0.5) is 5.69 Å². The van der Waals surface area contributed by atoms with E-state index in [-0.39, 0.29) is 22.3 Å². The molecule has 2 rings (SSSR count). The summed E-state index contributed by atoms with van der Waals surface area (Å²) < 4.78 is 0.933. The molecular formula is C15H12BrClN2O3. The van der Waals surface area contributed by atoms with Crippen LogP contribution in [0.1, 0.15) is 28.9 Å². The van der Waals surface area contributed by atoms with Gasteiger partial charge in [0.05, 0.1) is 11.0 Å². The Morgan fingerprint density at radius 2 is 1.91 bits per heavy atom. The van der Waals surface area contributed by atoms with Crippen molar-refractivity contribution in [3.05, 3.63) is 73.2 Å². The molecule has 1 atom stereocenters. The average molecular weight is 384 g/mol. The minimum atomic E-state index is -0.620. The molecule has 0 heterocycles. The predicted octanol–water partition coefficient (Wildman–Crippen LogP) is 4.50. The number of benzene rings is 2. The second-order valence-electron chi connectivity index (χ2n) is 4.67. The third kappa shape index (κ3) is 3.84. The molecule has 1 unspecified atom stereocenters. The van der Waals surface area contributed by atoms with Crippen LogP contribution in [0, 0.1) is 10.1 Å². The van der Waals surface area contributed by atoms with E-state index >= 15 is 0 Å². The number of hydrogen-bond acceptors (Lipinski definition) is 3. The molecule has 0 saturated heterocycles. The van der Waals surface area contributed by atoms with Gasteiger partial charge >= 0.3 is 0 Å². The summed E-state index contributed by atoms with van der Waals surface area (Å²) in [5.41, 5.74) is 0.569. The molecule has 22 heavy (non-hydrogen) atoms. The molecular weight excluding hydrogens is 372 g/mol. The Morgan fingerprint density at radius 1 is 1.27 bits per heavy atom. The molecule has 0 fully saturated rings. The van der Waals surface area contributed by atoms with Crippen LogP contribution in [0.25, 0.3) is 0 Å². The lowest BCUT2D eigenvalue weighted by Crippen LogP contribution is -2.27. The van der Waals surface area contributed by atoms with Crippen LogP contribution in [0.3, 0.4) is 0 Å². The molecule has 2 aromatic rings. The number of hydrogen-bond donors (Lipinski definition) is 1. The molecule has 1 amide bonds. The van der Waals surface area contributed by atoms with Crippen LogP contribution in [0.5, 0.6) is 0 Å². The summed E-state index contributed by atoms with van der Waals surface area (Å²) in [4.78, 5) is 22.7. The zero-order valence-corrected chi connectivity index (χ0v) is 13.9. The SMILES string of the molecule is CC(NC(=O)c1ccc(Cl)cc1[N+](=O)[O-])c1ccc(Br)cc1. The zero-order valence-electron chi connectivity index (χ0n) is 11.5. The smallest absolute Gasteiger partial charge is 0.283 e. The van der Waals surface area contributed by atoms with Gasteiger partial charge in [0.1, 0.15) is 5.56 Å². The first-order valence-electron chi connectivity index (χ1n) is 6.38. The van der Waals surface area contributed by atoms with Crippen molar-refractivity contribution in [3.63, 3.8) is 0 Å². The summed E-state index contributed by atoms with van der Waals surface area (Å²) in [5.74, 6) is -0.515. The predicted molar refractivity (Wildman–Crippen MR) is 88.1 cm³/mol. The molecule has 0 aliphatic heterocycles. The van der Waals surface area contributed by atoms with E-state index in [1.165, 1.54) is 18.2 Å². The molecule has 7 heteroatoms. The van der Waals surface area contributed by atoms with E-state index < -0.39 is 10.8 Å². The van der Waals surface area contributed by atoms with Gasteiger partial charge in [0, 0.05) is 15.6 Å². The Morgan fingerprint density at radius 3 is 2.50 bits per heavy atom. The fourth-order valence-corrected chi connectivity index (χ4v) is 2.39. The first-order valence-corrected chi connectivity index (χ1v) is 7.56. The highest BCUT2D eigenvalue weighted by Crippen LogP contribution is 2.24. The van der Waals surface area contributed by atoms with Crippen molar-refractivity contribution in [1.82, 2.24) is 5.32 Å². The quantitative estimate of drug-likeness (QED) is 0.624. The number of rotatable bonds is 4. The van der Waals surface area contributed by atoms with Gasteiger partial charge in [-0.15, -0.1) is 0 Å². The number of halogens is 2. The van der Waals surface area contributed by atoms with Gasteiger partial charge in [-0.2, -0.15) is 0 Å². The van der Waals surface area contributed by atoms with E-state index in [2.05, 4.69) is 21.2 Å². The molecule has 5 nitrogen and oxygen atoms in total. The van der Waals surface area contributed by atoms with Gasteiger partial charge in [-0.1, -0.05) is 39.7 Å². The number of carbonyl (C=O) groups is 1. The summed E-state index contributed by atoms with van der Waals surface area (Å²) in [6.07, 6.45) is 0. The van der Waals surface area contributed by atoms with Gasteiger partial charge < -0.3 is 5.32 Å². The largest absolute Gasteiger partial charge is 0.345 e. The molecule has 0 bridgehead atoms. The third-order valence-electron chi connectivity index (χ3n) is 3.12. The number of nitrogens with zero attached hydrogens (tertiary/aromatic N) is 1. The number of nitro benzene ring substituents is 1. The maximum Gasteiger partial charge on any atom is 0.283 e. The zero-order chi connectivity index (χ0) is 16.3. The number of nitro groups is 1. The van der Waals surface area contributed by atoms with Crippen molar-refractivity contribution in [2.75, 3.05) is 0 Å². The fraction of sp³-hybridized carbons (Fsp3) is 0.133. The first kappa shape index (κ1) is 16.5. The standard InChI is InChI=1S/C15H12BrClN2O3/c1-9(10-2-4-11(16)5-3-10)18-15(20)13-7-6-12(17)8-14(13)19(21)22/h2-9H,1H3,(H,18,20). The maximum absolute atomic E-state index is 12.3. The Labute approximate surface area is 140 Å². The second kappa shape index (κ2) is 6.89. The van der Waals surface area contributed by atoms with E-state index in [1.807, 2.05) is 31.2 Å². The molecule has 0 aromatic heterocycles. The molecule has 0 aliphatic rings. The normalized spacial score (nSPS) is 11.8. The molecule has 114 valence electrons. The van der Waals surface area contributed by atoms with Gasteiger partial charge in [0.2, 0.25) is 0 Å². The third-order valence-corrected chi connectivity index (χ3v) is 3.88. The van der Waals surface area contributed by atoms with Crippen molar-refractivity contribution < 1.29 is 9.72 Å². The van der Waals surface area contributed by atoms with Crippen molar-refractivity contribution in [2.45, 2.75) is 13.0 Å². The first-order chi connectivity index (χ1) is 10.4. The Balaban J connectivity index is 2.22. The lowest BCUT2D eigenvalue weighted by molar-refractivity contribution is -0.385. The van der Waals surface area contributed by atoms with Gasteiger partial charge in [0.25, 0.3) is 11.6 Å². The van der Waals surface area contributed by atoms with E-state index in [4.69, 9.17) is 11.6 Å². The minimum absolute atomic E-state index is 0.0154. The van der Waals surface area contributed by atoms with E-state index in [0.717, 1.165) is 10.0 Å². The van der Waals surface area contributed by atoms with Crippen molar-refractivity contribution >= 4 is 39.1 Å². The Hall–Kier alpha value is -1.92. The van der Waals surface area contributed by atoms with Crippen LogP contribution >= 0.6 is 27.5 Å². The van der Waals surface area contributed by atoms with Crippen molar-refractivity contribution in [2.24, 2.45) is 0 Å². The summed E-state index contributed by atoms with van der Waals surface area (Å²) >= 11 is 9.08. The fourth-order valence-electron chi connectivity index (χ4n) is 1.96. The number of amides is 1. The average Bonchev–Trinajstić information content (AvgIpc) is 2.47. The number of carbonyl (C=O) groups excluding carboxylic acids is 1. The minimum Gasteiger partial charge on any atom is -0.345 e. The molecule has 0 aliphatic carbocycles. The highest BCUT2D eigenvalue weighted by Gasteiger charge is 2.22. The Bertz CT molecular complexity index is 719. The summed E-state index contributed by atoms with van der Waals surface area (Å²) in [6.45, 7) is 1.81. The number of nitrogens with one attached hydrogen (secondary N) is 1. The van der Waals surface area contributed by atoms with Gasteiger partial charge in [-0.25, -0.2) is 0 Å². The monoisotopic (exact) mass is 382 g/mol. The molecule has 1 N–H and O–H groups in total. The van der Waals surface area contributed by atoms with Crippen molar-refractivity contribution in [1.29, 1.82) is 0 Å². The second-order valence-corrected chi connectivity index (χ2v) is 6.02. The summed E-state index contributed by atoms with van der Waals surface area (Å²) in [6, 6.07) is 11.1. The van der Waals surface area contributed by atoms with Gasteiger partial charge in [0.15, 0.2) is 0 Å². The molecule has 2 aromatic carbocycles. The molecule has 0 radical (unpaired) electrons. The highest BCUT2D eigenvalue weighted by molar-refractivity contribution is 9.10. The maximum atomic E-state index is 12.3.